The Morgan fingerprint density at radius 1 is 1.31 bits per heavy atom. The first-order chi connectivity index (χ1) is 17.2. The lowest BCUT2D eigenvalue weighted by Gasteiger charge is -2.35. The Labute approximate surface area is 207 Å². The van der Waals surface area contributed by atoms with E-state index in [9.17, 15) is 9.90 Å². The second-order valence-corrected chi connectivity index (χ2v) is 9.86. The molecule has 9 heteroatoms. The molecule has 1 saturated carbocycles. The van der Waals surface area contributed by atoms with Crippen molar-refractivity contribution < 1.29 is 14.4 Å². The largest absolute Gasteiger partial charge is 0.372 e. The molecular formula is C27H26N6O3. The van der Waals surface area contributed by atoms with Gasteiger partial charge in [0, 0.05) is 48.6 Å². The maximum absolute atomic E-state index is 12.4. The van der Waals surface area contributed by atoms with Crippen LogP contribution < -0.4 is 5.73 Å². The monoisotopic (exact) mass is 482 g/mol. The number of amides is 1. The molecule has 3 N–H and O–H groups in total. The van der Waals surface area contributed by atoms with Crippen molar-refractivity contribution in [2.45, 2.75) is 50.7 Å². The summed E-state index contributed by atoms with van der Waals surface area (Å²) in [5.74, 6) is 7.24. The number of aromatic nitrogens is 5. The van der Waals surface area contributed by atoms with Crippen LogP contribution in [0.2, 0.25) is 0 Å². The molecule has 1 aromatic carbocycles. The van der Waals surface area contributed by atoms with Crippen LogP contribution >= 0.6 is 0 Å². The number of nitrogens with two attached hydrogens (primary N) is 1. The third-order valence-corrected chi connectivity index (χ3v) is 7.30. The second kappa shape index (κ2) is 7.93. The molecule has 2 bridgehead atoms. The van der Waals surface area contributed by atoms with Crippen LogP contribution in [-0.4, -0.2) is 35.5 Å². The van der Waals surface area contributed by atoms with Gasteiger partial charge < -0.3 is 19.9 Å². The number of primary amides is 1. The Balaban J connectivity index is 1.46. The van der Waals surface area contributed by atoms with Crippen LogP contribution in [0.1, 0.15) is 76.2 Å². The van der Waals surface area contributed by atoms with E-state index in [1.165, 1.54) is 5.56 Å². The van der Waals surface area contributed by atoms with Crippen LogP contribution in [0.15, 0.2) is 41.1 Å². The molecule has 36 heavy (non-hydrogen) atoms. The van der Waals surface area contributed by atoms with Crippen molar-refractivity contribution in [2.24, 2.45) is 12.8 Å². The van der Waals surface area contributed by atoms with Crippen molar-refractivity contribution in [2.75, 3.05) is 0 Å². The molecular weight excluding hydrogens is 456 g/mol. The molecule has 5 heterocycles. The number of rotatable bonds is 4. The Bertz CT molecular complexity index is 1570. The third kappa shape index (κ3) is 3.53. The Morgan fingerprint density at radius 3 is 2.78 bits per heavy atom. The molecule has 0 radical (unpaired) electrons. The average Bonchev–Trinajstić information content (AvgIpc) is 3.48. The summed E-state index contributed by atoms with van der Waals surface area (Å²) in [6, 6.07) is 9.91. The first kappa shape index (κ1) is 22.3. The normalized spacial score (nSPS) is 19.2. The van der Waals surface area contributed by atoms with E-state index in [1.807, 2.05) is 25.2 Å². The SMILES string of the molecule is Cc1cc(C(C)(O)C#Cc2ccc3c(c2)-c2nc(C(N)=O)c(Cc4ccnn4C)n2C2CC3C2)no1. The Kier molecular flexibility index (Phi) is 4.92. The summed E-state index contributed by atoms with van der Waals surface area (Å²) in [7, 11) is 1.88. The maximum atomic E-state index is 12.4. The molecule has 7 rings (SSSR count). The summed E-state index contributed by atoms with van der Waals surface area (Å²) >= 11 is 0. The summed E-state index contributed by atoms with van der Waals surface area (Å²) in [4.78, 5) is 17.2. The van der Waals surface area contributed by atoms with Crippen LogP contribution in [0.5, 0.6) is 0 Å². The van der Waals surface area contributed by atoms with Gasteiger partial charge in [-0.05, 0) is 56.4 Å². The van der Waals surface area contributed by atoms with E-state index < -0.39 is 11.5 Å². The van der Waals surface area contributed by atoms with E-state index in [1.54, 1.807) is 30.8 Å². The predicted octanol–water partition coefficient (Wildman–Crippen LogP) is 2.96. The van der Waals surface area contributed by atoms with E-state index in [0.29, 0.717) is 29.5 Å². The van der Waals surface area contributed by atoms with Crippen LogP contribution in [0.25, 0.3) is 11.4 Å². The van der Waals surface area contributed by atoms with Gasteiger partial charge in [0.1, 0.15) is 23.0 Å². The van der Waals surface area contributed by atoms with Gasteiger partial charge in [-0.25, -0.2) is 4.98 Å². The van der Waals surface area contributed by atoms with E-state index in [0.717, 1.165) is 41.2 Å². The molecule has 2 aliphatic heterocycles. The van der Waals surface area contributed by atoms with Crippen LogP contribution in [0.4, 0.5) is 0 Å². The molecule has 0 saturated heterocycles. The molecule has 1 fully saturated rings. The number of aryl methyl sites for hydroxylation is 2. The molecule has 1 amide bonds. The summed E-state index contributed by atoms with van der Waals surface area (Å²) in [5, 5.41) is 19.0. The van der Waals surface area contributed by atoms with Gasteiger partial charge in [0.25, 0.3) is 5.91 Å². The molecule has 9 nitrogen and oxygen atoms in total. The minimum absolute atomic E-state index is 0.256. The lowest BCUT2D eigenvalue weighted by molar-refractivity contribution is 0.0994. The predicted molar refractivity (Wildman–Crippen MR) is 131 cm³/mol. The second-order valence-electron chi connectivity index (χ2n) is 9.86. The van der Waals surface area contributed by atoms with Gasteiger partial charge in [0.2, 0.25) is 0 Å². The number of hydrogen-bond donors (Lipinski definition) is 2. The third-order valence-electron chi connectivity index (χ3n) is 7.30. The maximum Gasteiger partial charge on any atom is 0.269 e. The fourth-order valence-corrected chi connectivity index (χ4v) is 5.25. The molecule has 1 aliphatic carbocycles. The topological polar surface area (TPSA) is 125 Å². The van der Waals surface area contributed by atoms with Crippen molar-refractivity contribution in [1.29, 1.82) is 0 Å². The van der Waals surface area contributed by atoms with E-state index >= 15 is 0 Å². The average molecular weight is 483 g/mol. The Hall–Kier alpha value is -4.16. The van der Waals surface area contributed by atoms with Crippen molar-refractivity contribution in [3.63, 3.8) is 0 Å². The number of hydrogen-bond acceptors (Lipinski definition) is 6. The van der Waals surface area contributed by atoms with Gasteiger partial charge in [-0.3, -0.25) is 9.48 Å². The minimum Gasteiger partial charge on any atom is -0.372 e. The van der Waals surface area contributed by atoms with Crippen molar-refractivity contribution in [3.05, 3.63) is 76.2 Å². The fraction of sp³-hybridized carbons (Fsp3) is 0.333. The standard InChI is InChI=1S/C27H26N6O3/c1-15-10-23(31-36-15)27(2,35)8-6-16-4-5-20-17-12-19(13-17)33-22(14-18-7-9-29-32(18)3)24(25(28)34)30-26(33)21(20)11-16/h4-5,7,9-11,17,19,35H,12-14H2,1-3H3,(H2,28,34). The number of carbonyl (C=O) groups excluding carboxylic acids is 1. The molecule has 1 unspecified atom stereocenters. The number of imidazole rings is 1. The molecule has 0 spiro atoms. The number of benzene rings is 1. The molecule has 3 aliphatic rings. The van der Waals surface area contributed by atoms with Crippen LogP contribution in [0, 0.1) is 18.8 Å². The summed E-state index contributed by atoms with van der Waals surface area (Å²) in [6.07, 6.45) is 4.22. The molecule has 1 atom stereocenters. The highest BCUT2D eigenvalue weighted by atomic mass is 16.5. The van der Waals surface area contributed by atoms with Crippen LogP contribution in [0.3, 0.4) is 0 Å². The van der Waals surface area contributed by atoms with E-state index in [-0.39, 0.29) is 6.04 Å². The number of nitrogens with zero attached hydrogens (tertiary/aromatic N) is 5. The zero-order chi connectivity index (χ0) is 25.2. The van der Waals surface area contributed by atoms with Crippen molar-refractivity contribution >= 4 is 5.91 Å². The van der Waals surface area contributed by atoms with E-state index in [2.05, 4.69) is 32.7 Å². The summed E-state index contributed by atoms with van der Waals surface area (Å²) in [6.45, 7) is 3.36. The molecule has 182 valence electrons. The van der Waals surface area contributed by atoms with Gasteiger partial charge in [0.15, 0.2) is 5.60 Å². The first-order valence-corrected chi connectivity index (χ1v) is 11.9. The van der Waals surface area contributed by atoms with E-state index in [4.69, 9.17) is 15.2 Å². The highest BCUT2D eigenvalue weighted by molar-refractivity contribution is 5.93. The number of aliphatic hydroxyl groups is 1. The first-order valence-electron chi connectivity index (χ1n) is 11.9. The minimum atomic E-state index is -1.46. The quantitative estimate of drug-likeness (QED) is 0.431. The summed E-state index contributed by atoms with van der Waals surface area (Å²) in [5.41, 5.74) is 9.67. The van der Waals surface area contributed by atoms with Crippen LogP contribution in [-0.2, 0) is 19.1 Å². The number of carbonyl (C=O) groups is 1. The lowest BCUT2D eigenvalue weighted by atomic mass is 9.75. The molecule has 3 aromatic heterocycles. The smallest absolute Gasteiger partial charge is 0.269 e. The zero-order valence-electron chi connectivity index (χ0n) is 20.3. The Morgan fingerprint density at radius 2 is 2.11 bits per heavy atom. The van der Waals surface area contributed by atoms with Gasteiger partial charge in [0.05, 0.1) is 5.69 Å². The lowest BCUT2D eigenvalue weighted by Crippen LogP contribution is -2.25. The highest BCUT2D eigenvalue weighted by Crippen LogP contribution is 2.53. The highest BCUT2D eigenvalue weighted by Gasteiger charge is 2.41. The van der Waals surface area contributed by atoms with Gasteiger partial charge >= 0.3 is 0 Å². The van der Waals surface area contributed by atoms with Gasteiger partial charge in [-0.2, -0.15) is 5.10 Å². The fourth-order valence-electron chi connectivity index (χ4n) is 5.25. The van der Waals surface area contributed by atoms with Gasteiger partial charge in [-0.1, -0.05) is 23.1 Å². The van der Waals surface area contributed by atoms with Crippen molar-refractivity contribution in [1.82, 2.24) is 24.5 Å². The zero-order valence-corrected chi connectivity index (χ0v) is 20.3. The summed E-state index contributed by atoms with van der Waals surface area (Å²) < 4.78 is 9.09. The van der Waals surface area contributed by atoms with Gasteiger partial charge in [-0.15, -0.1) is 0 Å². The van der Waals surface area contributed by atoms with Crippen molar-refractivity contribution in [3.8, 4) is 23.2 Å². The molecule has 4 aromatic rings.